The Bertz CT molecular complexity index is 360. The third-order valence-electron chi connectivity index (χ3n) is 1.36. The highest BCUT2D eigenvalue weighted by Crippen LogP contribution is 2.01. The highest BCUT2D eigenvalue weighted by atomic mass is 16.1. The molecule has 0 fully saturated rings. The summed E-state index contributed by atoms with van der Waals surface area (Å²) in [6.45, 7) is 1.90. The number of primary amides is 1. The smallest absolute Gasteiger partial charge is 0.293 e. The summed E-state index contributed by atoms with van der Waals surface area (Å²) in [6.07, 6.45) is 3.27. The van der Waals surface area contributed by atoms with E-state index in [9.17, 15) is 4.79 Å². The van der Waals surface area contributed by atoms with Crippen LogP contribution >= 0.6 is 0 Å². The van der Waals surface area contributed by atoms with E-state index in [0.717, 1.165) is 11.1 Å². The van der Waals surface area contributed by atoms with Gasteiger partial charge in [0.25, 0.3) is 5.91 Å². The van der Waals surface area contributed by atoms with Crippen molar-refractivity contribution in [3.8, 4) is 11.8 Å². The van der Waals surface area contributed by atoms with Crippen LogP contribution in [0, 0.1) is 18.8 Å². The van der Waals surface area contributed by atoms with E-state index in [1.165, 1.54) is 0 Å². The molecular formula is C9H8N2O. The summed E-state index contributed by atoms with van der Waals surface area (Å²) in [6, 6.07) is 1.82. The van der Waals surface area contributed by atoms with Crippen LogP contribution in [0.4, 0.5) is 0 Å². The number of pyridine rings is 1. The molecule has 0 aliphatic carbocycles. The molecule has 3 heteroatoms. The van der Waals surface area contributed by atoms with Gasteiger partial charge >= 0.3 is 0 Å². The third kappa shape index (κ3) is 2.10. The van der Waals surface area contributed by atoms with Gasteiger partial charge < -0.3 is 5.73 Å². The lowest BCUT2D eigenvalue weighted by Gasteiger charge is -1.92. The average Bonchev–Trinajstić information content (AvgIpc) is 2.03. The van der Waals surface area contributed by atoms with Crippen molar-refractivity contribution in [2.45, 2.75) is 6.92 Å². The summed E-state index contributed by atoms with van der Waals surface area (Å²) in [4.78, 5) is 14.2. The molecule has 0 saturated heterocycles. The Kier molecular flexibility index (Phi) is 2.44. The molecule has 1 amide bonds. The van der Waals surface area contributed by atoms with Crippen molar-refractivity contribution >= 4 is 5.91 Å². The van der Waals surface area contributed by atoms with Crippen molar-refractivity contribution in [3.05, 3.63) is 29.6 Å². The summed E-state index contributed by atoms with van der Waals surface area (Å²) >= 11 is 0. The molecule has 3 nitrogen and oxygen atoms in total. The molecule has 60 valence electrons. The highest BCUT2D eigenvalue weighted by molar-refractivity contribution is 5.92. The fourth-order valence-corrected chi connectivity index (χ4v) is 0.724. The topological polar surface area (TPSA) is 56.0 Å². The fourth-order valence-electron chi connectivity index (χ4n) is 0.724. The van der Waals surface area contributed by atoms with Crippen molar-refractivity contribution in [2.75, 3.05) is 0 Å². The van der Waals surface area contributed by atoms with Gasteiger partial charge in [0.15, 0.2) is 0 Å². The Balaban J connectivity index is 2.99. The van der Waals surface area contributed by atoms with Gasteiger partial charge in [0, 0.05) is 23.9 Å². The SMILES string of the molecule is Cc1ccncc1C#CC(N)=O. The molecule has 0 aromatic carbocycles. The first-order chi connectivity index (χ1) is 5.70. The molecule has 0 bridgehead atoms. The lowest BCUT2D eigenvalue weighted by atomic mass is 10.2. The van der Waals surface area contributed by atoms with Gasteiger partial charge in [0.05, 0.1) is 0 Å². The maximum absolute atomic E-state index is 10.3. The number of carbonyl (C=O) groups is 1. The summed E-state index contributed by atoms with van der Waals surface area (Å²) in [7, 11) is 0. The molecular weight excluding hydrogens is 152 g/mol. The molecule has 1 aromatic heterocycles. The first-order valence-electron chi connectivity index (χ1n) is 3.42. The first kappa shape index (κ1) is 8.28. The number of nitrogens with two attached hydrogens (primary N) is 1. The molecule has 0 radical (unpaired) electrons. The quantitative estimate of drug-likeness (QED) is 0.552. The molecule has 12 heavy (non-hydrogen) atoms. The molecule has 2 N–H and O–H groups in total. The van der Waals surface area contributed by atoms with E-state index in [2.05, 4.69) is 16.8 Å². The number of amides is 1. The molecule has 1 rings (SSSR count). The van der Waals surface area contributed by atoms with E-state index in [0.29, 0.717) is 0 Å². The summed E-state index contributed by atoms with van der Waals surface area (Å²) in [5.74, 6) is 4.25. The van der Waals surface area contributed by atoms with Crippen LogP contribution in [0.1, 0.15) is 11.1 Å². The van der Waals surface area contributed by atoms with Crippen molar-refractivity contribution in [1.29, 1.82) is 0 Å². The van der Waals surface area contributed by atoms with E-state index in [1.807, 2.05) is 13.0 Å². The maximum Gasteiger partial charge on any atom is 0.293 e. The van der Waals surface area contributed by atoms with E-state index in [4.69, 9.17) is 5.73 Å². The van der Waals surface area contributed by atoms with Crippen molar-refractivity contribution in [1.82, 2.24) is 4.98 Å². The minimum Gasteiger partial charge on any atom is -0.359 e. The van der Waals surface area contributed by atoms with Gasteiger partial charge in [-0.05, 0) is 18.6 Å². The van der Waals surface area contributed by atoms with E-state index >= 15 is 0 Å². The molecule has 0 aliphatic rings. The standard InChI is InChI=1S/C9H8N2O/c1-7-4-5-11-6-8(7)2-3-9(10)12/h4-6H,1H3,(H2,10,12). The Labute approximate surface area is 70.6 Å². The van der Waals surface area contributed by atoms with Crippen molar-refractivity contribution in [3.63, 3.8) is 0 Å². The zero-order valence-electron chi connectivity index (χ0n) is 6.66. The average molecular weight is 160 g/mol. The zero-order valence-corrected chi connectivity index (χ0v) is 6.66. The van der Waals surface area contributed by atoms with Crippen LogP contribution < -0.4 is 5.73 Å². The van der Waals surface area contributed by atoms with Gasteiger partial charge in [0.1, 0.15) is 0 Å². The molecule has 1 heterocycles. The molecule has 0 spiro atoms. The van der Waals surface area contributed by atoms with Gasteiger partial charge in [-0.3, -0.25) is 9.78 Å². The monoisotopic (exact) mass is 160 g/mol. The molecule has 0 aliphatic heterocycles. The van der Waals surface area contributed by atoms with Gasteiger partial charge in [-0.25, -0.2) is 0 Å². The number of hydrogen-bond donors (Lipinski definition) is 1. The van der Waals surface area contributed by atoms with Crippen LogP contribution in [0.5, 0.6) is 0 Å². The third-order valence-corrected chi connectivity index (χ3v) is 1.36. The number of carbonyl (C=O) groups excluding carboxylic acids is 1. The van der Waals surface area contributed by atoms with Gasteiger partial charge in [0.2, 0.25) is 0 Å². The van der Waals surface area contributed by atoms with Gasteiger partial charge in [-0.1, -0.05) is 5.92 Å². The van der Waals surface area contributed by atoms with E-state index < -0.39 is 5.91 Å². The van der Waals surface area contributed by atoms with Crippen LogP contribution in [0.15, 0.2) is 18.5 Å². The Hall–Kier alpha value is -1.82. The maximum atomic E-state index is 10.3. The largest absolute Gasteiger partial charge is 0.359 e. The summed E-state index contributed by atoms with van der Waals surface area (Å²) in [5, 5.41) is 0. The highest BCUT2D eigenvalue weighted by Gasteiger charge is 1.91. The van der Waals surface area contributed by atoms with Crippen LogP contribution in [0.25, 0.3) is 0 Å². The second-order valence-electron chi connectivity index (χ2n) is 2.30. The van der Waals surface area contributed by atoms with Crippen LogP contribution in [-0.2, 0) is 4.79 Å². The number of rotatable bonds is 0. The minimum atomic E-state index is -0.627. The predicted octanol–water partition coefficient (Wildman–Crippen LogP) is 0.227. The molecule has 0 atom stereocenters. The molecule has 0 unspecified atom stereocenters. The minimum absolute atomic E-state index is 0.627. The van der Waals surface area contributed by atoms with Crippen LogP contribution in [-0.4, -0.2) is 10.9 Å². The number of aromatic nitrogens is 1. The summed E-state index contributed by atoms with van der Waals surface area (Å²) in [5.41, 5.74) is 6.58. The van der Waals surface area contributed by atoms with Crippen molar-refractivity contribution in [2.24, 2.45) is 5.73 Å². The Morgan fingerprint density at radius 2 is 2.42 bits per heavy atom. The molecule has 1 aromatic rings. The van der Waals surface area contributed by atoms with Crippen LogP contribution in [0.3, 0.4) is 0 Å². The lowest BCUT2D eigenvalue weighted by molar-refractivity contribution is -0.112. The van der Waals surface area contributed by atoms with Gasteiger partial charge in [-0.2, -0.15) is 0 Å². The fraction of sp³-hybridized carbons (Fsp3) is 0.111. The number of nitrogens with zero attached hydrogens (tertiary/aromatic N) is 1. The Morgan fingerprint density at radius 1 is 1.67 bits per heavy atom. The predicted molar refractivity (Wildman–Crippen MR) is 45.0 cm³/mol. The normalized spacial score (nSPS) is 8.42. The molecule has 0 saturated carbocycles. The Morgan fingerprint density at radius 3 is 3.00 bits per heavy atom. The number of hydrogen-bond acceptors (Lipinski definition) is 2. The van der Waals surface area contributed by atoms with Gasteiger partial charge in [-0.15, -0.1) is 0 Å². The second-order valence-corrected chi connectivity index (χ2v) is 2.30. The summed E-state index contributed by atoms with van der Waals surface area (Å²) < 4.78 is 0. The second kappa shape index (κ2) is 3.54. The van der Waals surface area contributed by atoms with E-state index in [-0.39, 0.29) is 0 Å². The van der Waals surface area contributed by atoms with Crippen molar-refractivity contribution < 1.29 is 4.79 Å². The van der Waals surface area contributed by atoms with E-state index in [1.54, 1.807) is 12.4 Å². The zero-order chi connectivity index (χ0) is 8.97. The van der Waals surface area contributed by atoms with Crippen LogP contribution in [0.2, 0.25) is 0 Å². The first-order valence-corrected chi connectivity index (χ1v) is 3.42. The number of aryl methyl sites for hydroxylation is 1. The lowest BCUT2D eigenvalue weighted by Crippen LogP contribution is -2.06.